The zero-order chi connectivity index (χ0) is 11.5. The van der Waals surface area contributed by atoms with Gasteiger partial charge in [-0.3, -0.25) is 10.1 Å². The van der Waals surface area contributed by atoms with Crippen molar-refractivity contribution in [3.63, 3.8) is 0 Å². The number of aromatic amines is 1. The number of nitrogens with zero attached hydrogens (tertiary/aromatic N) is 4. The van der Waals surface area contributed by atoms with E-state index in [1.54, 1.807) is 12.3 Å². The first kappa shape index (κ1) is 10.4. The molecule has 82 valence electrons. The number of aromatic nitrogens is 4. The molecule has 0 fully saturated rings. The van der Waals surface area contributed by atoms with Gasteiger partial charge in [-0.1, -0.05) is 6.58 Å². The Morgan fingerprint density at radius 3 is 2.69 bits per heavy atom. The highest BCUT2D eigenvalue weighted by molar-refractivity contribution is 5.55. The van der Waals surface area contributed by atoms with Crippen LogP contribution < -0.4 is 4.90 Å². The molecular formula is C11H13N5. The molecule has 2 heterocycles. The maximum absolute atomic E-state index is 4.31. The van der Waals surface area contributed by atoms with Crippen LogP contribution in [0, 0.1) is 0 Å². The van der Waals surface area contributed by atoms with Gasteiger partial charge in [0.2, 0.25) is 0 Å². The van der Waals surface area contributed by atoms with Crippen molar-refractivity contribution >= 4 is 11.8 Å². The summed E-state index contributed by atoms with van der Waals surface area (Å²) in [5.41, 5.74) is 1.82. The van der Waals surface area contributed by atoms with Crippen molar-refractivity contribution in [2.75, 3.05) is 19.0 Å². The highest BCUT2D eigenvalue weighted by Gasteiger charge is 2.05. The number of H-pyrrole nitrogens is 1. The van der Waals surface area contributed by atoms with Crippen molar-refractivity contribution in [1.82, 2.24) is 20.2 Å². The Bertz CT molecular complexity index is 483. The third kappa shape index (κ3) is 1.93. The first-order valence-corrected chi connectivity index (χ1v) is 4.89. The van der Waals surface area contributed by atoms with Crippen molar-refractivity contribution in [2.24, 2.45) is 0 Å². The van der Waals surface area contributed by atoms with E-state index in [1.807, 2.05) is 31.1 Å². The molecule has 1 N–H and O–H groups in total. The highest BCUT2D eigenvalue weighted by atomic mass is 15.2. The molecule has 0 bridgehead atoms. The van der Waals surface area contributed by atoms with Crippen LogP contribution in [-0.2, 0) is 0 Å². The number of hydrogen-bond donors (Lipinski definition) is 1. The molecule has 0 aliphatic carbocycles. The fourth-order valence-electron chi connectivity index (χ4n) is 1.27. The van der Waals surface area contributed by atoms with Crippen molar-refractivity contribution in [3.05, 3.63) is 30.7 Å². The molecule has 2 rings (SSSR count). The van der Waals surface area contributed by atoms with Gasteiger partial charge in [-0.2, -0.15) is 5.10 Å². The quantitative estimate of drug-likeness (QED) is 0.844. The topological polar surface area (TPSA) is 57.7 Å². The molecule has 0 amide bonds. The van der Waals surface area contributed by atoms with E-state index in [0.717, 1.165) is 11.4 Å². The molecule has 5 heteroatoms. The predicted octanol–water partition coefficient (Wildman–Crippen LogP) is 1.58. The lowest BCUT2D eigenvalue weighted by Gasteiger charge is -2.11. The van der Waals surface area contributed by atoms with Crippen LogP contribution in [0.25, 0.3) is 17.6 Å². The monoisotopic (exact) mass is 215 g/mol. The Morgan fingerprint density at radius 2 is 2.19 bits per heavy atom. The third-order valence-corrected chi connectivity index (χ3v) is 2.19. The first-order chi connectivity index (χ1) is 7.70. The van der Waals surface area contributed by atoms with Gasteiger partial charge >= 0.3 is 0 Å². The van der Waals surface area contributed by atoms with Crippen LogP contribution in [0.4, 0.5) is 5.69 Å². The molecule has 0 spiro atoms. The van der Waals surface area contributed by atoms with Crippen LogP contribution in [0.15, 0.2) is 24.9 Å². The van der Waals surface area contributed by atoms with Crippen LogP contribution in [0.3, 0.4) is 0 Å². The third-order valence-electron chi connectivity index (χ3n) is 2.19. The van der Waals surface area contributed by atoms with Crippen LogP contribution in [0.2, 0.25) is 0 Å². The number of anilines is 1. The molecule has 2 aromatic rings. The summed E-state index contributed by atoms with van der Waals surface area (Å²) >= 11 is 0. The molecule has 0 saturated heterocycles. The molecule has 0 radical (unpaired) electrons. The van der Waals surface area contributed by atoms with Gasteiger partial charge in [0.1, 0.15) is 5.69 Å². The molecule has 0 aromatic carbocycles. The van der Waals surface area contributed by atoms with Crippen molar-refractivity contribution < 1.29 is 0 Å². The summed E-state index contributed by atoms with van der Waals surface area (Å²) in [5.74, 6) is 1.23. The lowest BCUT2D eigenvalue weighted by Crippen LogP contribution is -2.08. The van der Waals surface area contributed by atoms with Crippen molar-refractivity contribution in [3.8, 4) is 11.5 Å². The number of pyridine rings is 1. The van der Waals surface area contributed by atoms with Crippen LogP contribution in [0.5, 0.6) is 0 Å². The van der Waals surface area contributed by atoms with Gasteiger partial charge in [-0.25, -0.2) is 4.98 Å². The minimum Gasteiger partial charge on any atom is -0.376 e. The Hall–Kier alpha value is -2.17. The molecule has 16 heavy (non-hydrogen) atoms. The number of rotatable bonds is 3. The molecule has 2 aromatic heterocycles. The van der Waals surface area contributed by atoms with Gasteiger partial charge < -0.3 is 4.90 Å². The number of nitrogens with one attached hydrogen (secondary N) is 1. The van der Waals surface area contributed by atoms with Gasteiger partial charge in [0.05, 0.1) is 11.9 Å². The first-order valence-electron chi connectivity index (χ1n) is 4.89. The zero-order valence-electron chi connectivity index (χ0n) is 9.31. The van der Waals surface area contributed by atoms with E-state index in [9.17, 15) is 0 Å². The van der Waals surface area contributed by atoms with E-state index in [1.165, 1.54) is 0 Å². The van der Waals surface area contributed by atoms with E-state index in [-0.39, 0.29) is 0 Å². The van der Waals surface area contributed by atoms with E-state index >= 15 is 0 Å². The maximum Gasteiger partial charge on any atom is 0.174 e. The fourth-order valence-corrected chi connectivity index (χ4v) is 1.27. The van der Waals surface area contributed by atoms with Gasteiger partial charge in [0.15, 0.2) is 11.6 Å². The molecule has 0 aliphatic heterocycles. The van der Waals surface area contributed by atoms with Crippen LogP contribution in [-0.4, -0.2) is 34.3 Å². The summed E-state index contributed by atoms with van der Waals surface area (Å²) < 4.78 is 0. The second kappa shape index (κ2) is 4.14. The molecule has 0 atom stereocenters. The van der Waals surface area contributed by atoms with E-state index in [0.29, 0.717) is 11.6 Å². The predicted molar refractivity (Wildman–Crippen MR) is 64.0 cm³/mol. The summed E-state index contributed by atoms with van der Waals surface area (Å²) in [6.07, 6.45) is 3.39. The van der Waals surface area contributed by atoms with Crippen LogP contribution >= 0.6 is 0 Å². The van der Waals surface area contributed by atoms with E-state index in [4.69, 9.17) is 0 Å². The van der Waals surface area contributed by atoms with Gasteiger partial charge in [0, 0.05) is 14.1 Å². The summed E-state index contributed by atoms with van der Waals surface area (Å²) in [4.78, 5) is 10.5. The molecule has 5 nitrogen and oxygen atoms in total. The minimum absolute atomic E-state index is 0.577. The largest absolute Gasteiger partial charge is 0.376 e. The summed E-state index contributed by atoms with van der Waals surface area (Å²) in [6.45, 7) is 3.60. The smallest absolute Gasteiger partial charge is 0.174 e. The molecule has 0 aliphatic rings. The Labute approximate surface area is 93.9 Å². The Morgan fingerprint density at radius 1 is 1.38 bits per heavy atom. The second-order valence-electron chi connectivity index (χ2n) is 3.54. The minimum atomic E-state index is 0.577. The average Bonchev–Trinajstić information content (AvgIpc) is 2.77. The lowest BCUT2D eigenvalue weighted by atomic mass is 10.3. The summed E-state index contributed by atoms with van der Waals surface area (Å²) in [6, 6.07) is 3.89. The Kier molecular flexibility index (Phi) is 2.68. The molecule has 0 unspecified atom stereocenters. The van der Waals surface area contributed by atoms with Crippen molar-refractivity contribution in [2.45, 2.75) is 0 Å². The average molecular weight is 215 g/mol. The second-order valence-corrected chi connectivity index (χ2v) is 3.54. The zero-order valence-corrected chi connectivity index (χ0v) is 9.31. The Balaban J connectivity index is 2.30. The number of hydrogen-bond acceptors (Lipinski definition) is 4. The van der Waals surface area contributed by atoms with E-state index < -0.39 is 0 Å². The van der Waals surface area contributed by atoms with Crippen molar-refractivity contribution in [1.29, 1.82) is 0 Å². The van der Waals surface area contributed by atoms with Gasteiger partial charge in [-0.15, -0.1) is 0 Å². The normalized spacial score (nSPS) is 10.1. The molecule has 0 saturated carbocycles. The van der Waals surface area contributed by atoms with E-state index in [2.05, 4.69) is 26.7 Å². The lowest BCUT2D eigenvalue weighted by molar-refractivity contribution is 1.07. The standard InChI is InChI=1S/C11H13N5/c1-4-10-13-11(15-14-10)9-6-5-8(7-12-9)16(2)3/h4-7H,1H2,2-3H3,(H,13,14,15). The van der Waals surface area contributed by atoms with Crippen LogP contribution in [0.1, 0.15) is 5.82 Å². The molecular weight excluding hydrogens is 202 g/mol. The highest BCUT2D eigenvalue weighted by Crippen LogP contribution is 2.15. The van der Waals surface area contributed by atoms with Gasteiger partial charge in [-0.05, 0) is 18.2 Å². The summed E-state index contributed by atoms with van der Waals surface area (Å²) in [7, 11) is 3.95. The maximum atomic E-state index is 4.31. The van der Waals surface area contributed by atoms with Gasteiger partial charge in [0.25, 0.3) is 0 Å². The SMILES string of the molecule is C=Cc1n[nH]c(-c2ccc(N(C)C)cn2)n1. The summed E-state index contributed by atoms with van der Waals surface area (Å²) in [5, 5.41) is 6.78. The fraction of sp³-hybridized carbons (Fsp3) is 0.182.